The van der Waals surface area contributed by atoms with Crippen molar-refractivity contribution in [3.05, 3.63) is 5.75 Å². The standard InChI is InChI=1S/C4H7OS/c1-2-4-3-6(4)5/h3-4H,2H2,1H3/q-1. The fraction of sp³-hybridized carbons (Fsp3) is 0.750. The second-order valence-corrected chi connectivity index (χ2v) is 2.95. The maximum absolute atomic E-state index is 10.2. The van der Waals surface area contributed by atoms with Crippen molar-refractivity contribution in [1.82, 2.24) is 0 Å². The molecule has 0 aliphatic carbocycles. The summed E-state index contributed by atoms with van der Waals surface area (Å²) in [5.41, 5.74) is 0. The average molecular weight is 103 g/mol. The molecule has 0 aromatic heterocycles. The Morgan fingerprint density at radius 3 is 2.50 bits per heavy atom. The molecule has 1 aliphatic rings. The second-order valence-electron chi connectivity index (χ2n) is 1.41. The fourth-order valence-electron chi connectivity index (χ4n) is 0.378. The fourth-order valence-corrected chi connectivity index (χ4v) is 1.27. The Kier molecular flexibility index (Phi) is 0.960. The van der Waals surface area contributed by atoms with E-state index in [9.17, 15) is 4.21 Å². The van der Waals surface area contributed by atoms with Gasteiger partial charge in [0, 0.05) is 0 Å². The second kappa shape index (κ2) is 1.34. The van der Waals surface area contributed by atoms with E-state index in [0.29, 0.717) is 5.25 Å². The summed E-state index contributed by atoms with van der Waals surface area (Å²) < 4.78 is 10.2. The van der Waals surface area contributed by atoms with Crippen molar-refractivity contribution in [2.24, 2.45) is 0 Å². The van der Waals surface area contributed by atoms with E-state index >= 15 is 0 Å². The van der Waals surface area contributed by atoms with Crippen molar-refractivity contribution < 1.29 is 4.21 Å². The Morgan fingerprint density at radius 2 is 2.50 bits per heavy atom. The van der Waals surface area contributed by atoms with Crippen LogP contribution in [-0.4, -0.2) is 9.46 Å². The van der Waals surface area contributed by atoms with Gasteiger partial charge in [-0.15, -0.1) is 5.25 Å². The van der Waals surface area contributed by atoms with E-state index in [4.69, 9.17) is 0 Å². The molecule has 1 saturated heterocycles. The molecule has 1 rings (SSSR count). The molecule has 0 aromatic rings. The SMILES string of the molecule is CCC1[CH-]S1=O. The van der Waals surface area contributed by atoms with Crippen LogP contribution in [0.1, 0.15) is 13.3 Å². The highest BCUT2D eigenvalue weighted by atomic mass is 32.2. The van der Waals surface area contributed by atoms with Crippen LogP contribution in [0.25, 0.3) is 0 Å². The van der Waals surface area contributed by atoms with E-state index in [1.54, 1.807) is 0 Å². The van der Waals surface area contributed by atoms with E-state index in [1.165, 1.54) is 0 Å². The highest BCUT2D eigenvalue weighted by molar-refractivity contribution is 7.95. The topological polar surface area (TPSA) is 17.1 Å². The van der Waals surface area contributed by atoms with Gasteiger partial charge in [0.05, 0.1) is 0 Å². The van der Waals surface area contributed by atoms with Crippen LogP contribution in [0, 0.1) is 5.75 Å². The molecule has 2 atom stereocenters. The van der Waals surface area contributed by atoms with Crippen molar-refractivity contribution in [2.45, 2.75) is 18.6 Å². The van der Waals surface area contributed by atoms with Crippen molar-refractivity contribution in [2.75, 3.05) is 0 Å². The van der Waals surface area contributed by atoms with Gasteiger partial charge in [0.1, 0.15) is 0 Å². The van der Waals surface area contributed by atoms with E-state index in [0.717, 1.165) is 6.42 Å². The molecule has 0 saturated carbocycles. The van der Waals surface area contributed by atoms with Crippen LogP contribution in [0.2, 0.25) is 0 Å². The zero-order chi connectivity index (χ0) is 4.57. The molecule has 0 amide bonds. The van der Waals surface area contributed by atoms with E-state index in [2.05, 4.69) is 0 Å². The molecule has 1 heterocycles. The molecule has 0 aromatic carbocycles. The molecule has 0 spiro atoms. The maximum Gasteiger partial charge on any atom is -0.0668 e. The van der Waals surface area contributed by atoms with Gasteiger partial charge in [0.15, 0.2) is 0 Å². The van der Waals surface area contributed by atoms with Gasteiger partial charge in [-0.3, -0.25) is 4.21 Å². The summed E-state index contributed by atoms with van der Waals surface area (Å²) >= 11 is 0. The van der Waals surface area contributed by atoms with Gasteiger partial charge in [-0.05, 0) is 0 Å². The molecule has 1 nitrogen and oxygen atoms in total. The molecule has 2 heteroatoms. The van der Waals surface area contributed by atoms with Crippen molar-refractivity contribution in [3.8, 4) is 0 Å². The summed E-state index contributed by atoms with van der Waals surface area (Å²) in [4.78, 5) is 0. The zero-order valence-corrected chi connectivity index (χ0v) is 4.49. The highest BCUT2D eigenvalue weighted by Gasteiger charge is 2.12. The minimum absolute atomic E-state index is 0.449. The molecule has 36 valence electrons. The minimum atomic E-state index is -0.524. The Labute approximate surface area is 40.2 Å². The van der Waals surface area contributed by atoms with Crippen LogP contribution in [0.5, 0.6) is 0 Å². The largest absolute Gasteiger partial charge is 0.296 e. The number of hydrogen-bond donors (Lipinski definition) is 0. The van der Waals surface area contributed by atoms with Crippen LogP contribution < -0.4 is 0 Å². The summed E-state index contributed by atoms with van der Waals surface area (Å²) in [5.74, 6) is 1.86. The van der Waals surface area contributed by atoms with Crippen LogP contribution >= 0.6 is 0 Å². The summed E-state index contributed by atoms with van der Waals surface area (Å²) in [6.45, 7) is 2.05. The monoisotopic (exact) mass is 103 g/mol. The van der Waals surface area contributed by atoms with Gasteiger partial charge in [-0.2, -0.15) is 10.8 Å². The molecule has 0 N–H and O–H groups in total. The van der Waals surface area contributed by atoms with E-state index < -0.39 is 10.8 Å². The lowest BCUT2D eigenvalue weighted by Gasteiger charge is -1.80. The van der Waals surface area contributed by atoms with Gasteiger partial charge in [0.2, 0.25) is 0 Å². The van der Waals surface area contributed by atoms with Gasteiger partial charge >= 0.3 is 0 Å². The normalized spacial score (nSPS) is 42.8. The molecule has 1 fully saturated rings. The minimum Gasteiger partial charge on any atom is -0.296 e. The van der Waals surface area contributed by atoms with Crippen LogP contribution in [0.4, 0.5) is 0 Å². The molecular weight excluding hydrogens is 96.1 g/mol. The third-order valence-electron chi connectivity index (χ3n) is 0.910. The molecule has 6 heavy (non-hydrogen) atoms. The Morgan fingerprint density at radius 1 is 2.00 bits per heavy atom. The van der Waals surface area contributed by atoms with Crippen molar-refractivity contribution >= 4 is 10.8 Å². The summed E-state index contributed by atoms with van der Waals surface area (Å²) in [5, 5.41) is 0.449. The molecule has 0 radical (unpaired) electrons. The van der Waals surface area contributed by atoms with Gasteiger partial charge in [-0.1, -0.05) is 13.3 Å². The Balaban J connectivity index is 2.26. The van der Waals surface area contributed by atoms with Crippen molar-refractivity contribution in [3.63, 3.8) is 0 Å². The lowest BCUT2D eigenvalue weighted by atomic mass is 10.4. The third-order valence-corrected chi connectivity index (χ3v) is 2.26. The highest BCUT2D eigenvalue weighted by Crippen LogP contribution is 2.24. The maximum atomic E-state index is 10.2. The third kappa shape index (κ3) is 0.620. The first-order chi connectivity index (χ1) is 2.84. The first-order valence-electron chi connectivity index (χ1n) is 2.09. The Hall–Kier alpha value is 0.150. The Bertz CT molecular complexity index is 79.6. The molecular formula is C4H7OS-. The van der Waals surface area contributed by atoms with Gasteiger partial charge in [-0.25, -0.2) is 5.75 Å². The quantitative estimate of drug-likeness (QED) is 0.352. The van der Waals surface area contributed by atoms with Crippen LogP contribution in [0.3, 0.4) is 0 Å². The number of hydrogen-bond acceptors (Lipinski definition) is 1. The van der Waals surface area contributed by atoms with Crippen molar-refractivity contribution in [1.29, 1.82) is 0 Å². The molecule has 2 unspecified atom stereocenters. The van der Waals surface area contributed by atoms with Gasteiger partial charge < -0.3 is 0 Å². The predicted octanol–water partition coefficient (Wildman–Crippen LogP) is 0.689. The smallest absolute Gasteiger partial charge is 0.0668 e. The number of rotatable bonds is 1. The first-order valence-corrected chi connectivity index (χ1v) is 3.36. The summed E-state index contributed by atoms with van der Waals surface area (Å²) in [6, 6.07) is 0. The average Bonchev–Trinajstić information content (AvgIpc) is 2.19. The molecule has 1 aliphatic heterocycles. The van der Waals surface area contributed by atoms with E-state index in [-0.39, 0.29) is 0 Å². The lowest BCUT2D eigenvalue weighted by Crippen LogP contribution is -1.74. The summed E-state index contributed by atoms with van der Waals surface area (Å²) in [7, 11) is -0.524. The van der Waals surface area contributed by atoms with Gasteiger partial charge in [0.25, 0.3) is 0 Å². The molecule has 0 bridgehead atoms. The zero-order valence-electron chi connectivity index (χ0n) is 3.68. The van der Waals surface area contributed by atoms with E-state index in [1.807, 2.05) is 12.7 Å². The lowest BCUT2D eigenvalue weighted by molar-refractivity contribution is 0.692. The predicted molar refractivity (Wildman–Crippen MR) is 26.5 cm³/mol. The summed E-state index contributed by atoms with van der Waals surface area (Å²) in [6.07, 6.45) is 1.05. The van der Waals surface area contributed by atoms with Crippen LogP contribution in [-0.2, 0) is 10.8 Å². The van der Waals surface area contributed by atoms with Crippen LogP contribution in [0.15, 0.2) is 0 Å². The first kappa shape index (κ1) is 4.31.